The van der Waals surface area contributed by atoms with E-state index in [2.05, 4.69) is 9.97 Å². The van der Waals surface area contributed by atoms with Crippen molar-refractivity contribution in [2.24, 2.45) is 0 Å². The summed E-state index contributed by atoms with van der Waals surface area (Å²) in [5, 5.41) is 9.21. The van der Waals surface area contributed by atoms with E-state index in [0.717, 1.165) is 10.6 Å². The fourth-order valence-electron chi connectivity index (χ4n) is 4.02. The van der Waals surface area contributed by atoms with Gasteiger partial charge in [0.2, 0.25) is 16.0 Å². The van der Waals surface area contributed by atoms with Crippen molar-refractivity contribution in [1.29, 1.82) is 0 Å². The van der Waals surface area contributed by atoms with Crippen molar-refractivity contribution in [1.82, 2.24) is 9.97 Å². The van der Waals surface area contributed by atoms with Crippen molar-refractivity contribution in [3.8, 4) is 11.3 Å². The molecule has 3 rings (SSSR count). The molecule has 2 aromatic rings. The van der Waals surface area contributed by atoms with Crippen LogP contribution in [-0.2, 0) is 24.3 Å². The van der Waals surface area contributed by atoms with Crippen molar-refractivity contribution in [2.45, 2.75) is 64.4 Å². The maximum absolute atomic E-state index is 14.9. The number of aliphatic carboxylic acids is 1. The monoisotopic (exact) mass is 521 g/mol. The Bertz CT molecular complexity index is 1260. The van der Waals surface area contributed by atoms with Crippen LogP contribution in [-0.4, -0.2) is 60.8 Å². The number of benzene rings is 1. The Morgan fingerprint density at radius 3 is 2.53 bits per heavy atom. The number of rotatable bonds is 8. The van der Waals surface area contributed by atoms with Crippen LogP contribution in [0.2, 0.25) is 0 Å². The van der Waals surface area contributed by atoms with Gasteiger partial charge in [-0.15, -0.1) is 0 Å². The number of halogens is 1. The number of carbonyl (C=O) groups is 1. The molecule has 1 aliphatic rings. The molecule has 0 saturated carbocycles. The molecule has 11 heteroatoms. The average Bonchev–Trinajstić information content (AvgIpc) is 2.74. The highest BCUT2D eigenvalue weighted by Crippen LogP contribution is 2.34. The van der Waals surface area contributed by atoms with Gasteiger partial charge >= 0.3 is 5.97 Å². The van der Waals surface area contributed by atoms with Crippen molar-refractivity contribution in [3.05, 3.63) is 47.4 Å². The van der Waals surface area contributed by atoms with Gasteiger partial charge < -0.3 is 14.6 Å². The van der Waals surface area contributed by atoms with E-state index in [9.17, 15) is 22.7 Å². The van der Waals surface area contributed by atoms with Gasteiger partial charge in [0.05, 0.1) is 36.3 Å². The Kier molecular flexibility index (Phi) is 8.17. The first-order chi connectivity index (χ1) is 16.7. The van der Waals surface area contributed by atoms with Crippen molar-refractivity contribution < 1.29 is 32.2 Å². The molecule has 0 aliphatic carbocycles. The van der Waals surface area contributed by atoms with Crippen LogP contribution in [0.25, 0.3) is 17.3 Å². The minimum absolute atomic E-state index is 0.0680. The molecule has 2 heterocycles. The Labute approximate surface area is 211 Å². The summed E-state index contributed by atoms with van der Waals surface area (Å²) in [6.07, 6.45) is 3.65. The van der Waals surface area contributed by atoms with Crippen molar-refractivity contribution >= 4 is 28.0 Å². The molecule has 1 aromatic heterocycles. The zero-order valence-electron chi connectivity index (χ0n) is 21.2. The standard InChI is InChI=1S/C25H32FN3O6S/c1-15(2)22-19(12-11-16-13-17(14-21(30)31)35-25(3,4)34-16)23(18-9-7-8-10-20(18)26)28-24(27-22)29(5)36(6,32)33/h7-12,15-17H,13-14H2,1-6H3,(H,30,31)/b12-11+/t16-,17-/m1/s1. The predicted molar refractivity (Wildman–Crippen MR) is 134 cm³/mol. The van der Waals surface area contributed by atoms with Gasteiger partial charge in [0.1, 0.15) is 5.82 Å². The molecule has 1 aromatic carbocycles. The number of hydrogen-bond acceptors (Lipinski definition) is 7. The SMILES string of the molecule is CC(C)c1nc(N(C)S(C)(=O)=O)nc(-c2ccccc2F)c1/C=C/[C@@H]1C[C@H](CC(=O)O)OC(C)(C)O1. The van der Waals surface area contributed by atoms with Crippen LogP contribution in [0.3, 0.4) is 0 Å². The van der Waals surface area contributed by atoms with Gasteiger partial charge in [-0.1, -0.05) is 38.1 Å². The third-order valence-electron chi connectivity index (χ3n) is 5.68. The first kappa shape index (κ1) is 27.7. The lowest BCUT2D eigenvalue weighted by Gasteiger charge is -2.39. The fraction of sp³-hybridized carbons (Fsp3) is 0.480. The lowest BCUT2D eigenvalue weighted by atomic mass is 9.96. The fourth-order valence-corrected chi connectivity index (χ4v) is 4.40. The third kappa shape index (κ3) is 6.65. The Morgan fingerprint density at radius 1 is 1.28 bits per heavy atom. The lowest BCUT2D eigenvalue weighted by molar-refractivity contribution is -0.290. The van der Waals surface area contributed by atoms with E-state index in [4.69, 9.17) is 9.47 Å². The molecule has 36 heavy (non-hydrogen) atoms. The molecule has 1 saturated heterocycles. The van der Waals surface area contributed by atoms with Crippen molar-refractivity contribution in [3.63, 3.8) is 0 Å². The van der Waals surface area contributed by atoms with E-state index in [-0.39, 0.29) is 29.5 Å². The largest absolute Gasteiger partial charge is 0.481 e. The Balaban J connectivity index is 2.15. The van der Waals surface area contributed by atoms with E-state index in [1.54, 1.807) is 44.2 Å². The maximum Gasteiger partial charge on any atom is 0.305 e. The minimum Gasteiger partial charge on any atom is -0.481 e. The number of anilines is 1. The summed E-state index contributed by atoms with van der Waals surface area (Å²) in [6, 6.07) is 6.10. The highest BCUT2D eigenvalue weighted by Gasteiger charge is 2.35. The van der Waals surface area contributed by atoms with Crippen LogP contribution in [0.4, 0.5) is 10.3 Å². The minimum atomic E-state index is -3.66. The van der Waals surface area contributed by atoms with Gasteiger partial charge in [0.15, 0.2) is 5.79 Å². The molecule has 1 aliphatic heterocycles. The molecular formula is C25H32FN3O6S. The average molecular weight is 522 g/mol. The number of nitrogens with zero attached hydrogens (tertiary/aromatic N) is 3. The summed E-state index contributed by atoms with van der Waals surface area (Å²) in [4.78, 5) is 20.2. The summed E-state index contributed by atoms with van der Waals surface area (Å²) in [6.45, 7) is 7.22. The van der Waals surface area contributed by atoms with E-state index in [1.165, 1.54) is 13.1 Å². The number of carboxylic acid groups (broad SMARTS) is 1. The molecule has 0 spiro atoms. The molecular weight excluding hydrogens is 489 g/mol. The second-order valence-electron chi connectivity index (χ2n) is 9.52. The van der Waals surface area contributed by atoms with E-state index in [1.807, 2.05) is 13.8 Å². The second-order valence-corrected chi connectivity index (χ2v) is 11.5. The Morgan fingerprint density at radius 2 is 1.94 bits per heavy atom. The maximum atomic E-state index is 14.9. The molecule has 9 nitrogen and oxygen atoms in total. The topological polar surface area (TPSA) is 119 Å². The van der Waals surface area contributed by atoms with Gasteiger partial charge in [0, 0.05) is 24.6 Å². The summed E-state index contributed by atoms with van der Waals surface area (Å²) in [5.41, 5.74) is 1.48. The summed E-state index contributed by atoms with van der Waals surface area (Å²) < 4.78 is 52.0. The highest BCUT2D eigenvalue weighted by molar-refractivity contribution is 7.92. The second kappa shape index (κ2) is 10.6. The molecule has 1 N–H and O–H groups in total. The van der Waals surface area contributed by atoms with Crippen LogP contribution in [0, 0.1) is 5.82 Å². The van der Waals surface area contributed by atoms with Crippen LogP contribution in [0.5, 0.6) is 0 Å². The molecule has 0 radical (unpaired) electrons. The van der Waals surface area contributed by atoms with Crippen LogP contribution in [0.15, 0.2) is 30.3 Å². The quantitative estimate of drug-likeness (QED) is 0.549. The predicted octanol–water partition coefficient (Wildman–Crippen LogP) is 4.20. The molecule has 2 atom stereocenters. The van der Waals surface area contributed by atoms with Crippen LogP contribution >= 0.6 is 0 Å². The van der Waals surface area contributed by atoms with Crippen LogP contribution < -0.4 is 4.31 Å². The van der Waals surface area contributed by atoms with Gasteiger partial charge in [-0.05, 0) is 31.9 Å². The zero-order valence-corrected chi connectivity index (χ0v) is 22.0. The van der Waals surface area contributed by atoms with Crippen molar-refractivity contribution in [2.75, 3.05) is 17.6 Å². The first-order valence-corrected chi connectivity index (χ1v) is 13.4. The first-order valence-electron chi connectivity index (χ1n) is 11.5. The van der Waals surface area contributed by atoms with Gasteiger partial charge in [0.25, 0.3) is 0 Å². The van der Waals surface area contributed by atoms with E-state index in [0.29, 0.717) is 17.7 Å². The molecule has 196 valence electrons. The van der Waals surface area contributed by atoms with E-state index >= 15 is 0 Å². The summed E-state index contributed by atoms with van der Waals surface area (Å²) >= 11 is 0. The highest BCUT2D eigenvalue weighted by atomic mass is 32.2. The Hall–Kier alpha value is -2.89. The lowest BCUT2D eigenvalue weighted by Crippen LogP contribution is -2.44. The van der Waals surface area contributed by atoms with Gasteiger partial charge in [-0.25, -0.2) is 27.1 Å². The molecule has 0 amide bonds. The normalized spacial score (nSPS) is 20.1. The van der Waals surface area contributed by atoms with Crippen LogP contribution in [0.1, 0.15) is 57.7 Å². The third-order valence-corrected chi connectivity index (χ3v) is 6.84. The number of ether oxygens (including phenoxy) is 2. The molecule has 0 bridgehead atoms. The smallest absolute Gasteiger partial charge is 0.305 e. The molecule has 0 unspecified atom stereocenters. The summed E-state index contributed by atoms with van der Waals surface area (Å²) in [5.74, 6) is -2.71. The van der Waals surface area contributed by atoms with Gasteiger partial charge in [-0.3, -0.25) is 4.79 Å². The zero-order chi connectivity index (χ0) is 26.8. The summed E-state index contributed by atoms with van der Waals surface area (Å²) in [7, 11) is -2.32. The number of sulfonamides is 1. The number of hydrogen-bond donors (Lipinski definition) is 1. The van der Waals surface area contributed by atoms with Gasteiger partial charge in [-0.2, -0.15) is 0 Å². The number of carboxylic acids is 1. The number of aromatic nitrogens is 2. The molecule has 1 fully saturated rings. The van der Waals surface area contributed by atoms with E-state index < -0.39 is 39.8 Å².